The van der Waals surface area contributed by atoms with E-state index in [9.17, 15) is 4.79 Å². The van der Waals surface area contributed by atoms with Crippen molar-refractivity contribution in [2.75, 3.05) is 0 Å². The number of urea groups is 1. The van der Waals surface area contributed by atoms with Gasteiger partial charge in [0.25, 0.3) is 5.62 Å². The highest BCUT2D eigenvalue weighted by Gasteiger charge is 1.90. The summed E-state index contributed by atoms with van der Waals surface area (Å²) in [7, 11) is 0. The highest BCUT2D eigenvalue weighted by Crippen LogP contribution is 1.71. The molecular weight excluding hydrogens is 148 g/mol. The minimum absolute atomic E-state index is 0.139. The van der Waals surface area contributed by atoms with Gasteiger partial charge in [0.05, 0.1) is 0 Å². The number of rotatable bonds is 0. The molecule has 6 heteroatoms. The highest BCUT2D eigenvalue weighted by atomic mass is 16.5. The Morgan fingerprint density at radius 3 is 3.09 bits per heavy atom. The van der Waals surface area contributed by atoms with Crippen molar-refractivity contribution in [3.63, 3.8) is 0 Å². The molecule has 58 valence electrons. The smallest absolute Gasteiger partial charge is 0.341 e. The van der Waals surface area contributed by atoms with E-state index in [-0.39, 0.29) is 5.62 Å². The average molecular weight is 154 g/mol. The molecule has 1 rings (SSSR count). The topological polar surface area (TPSA) is 93.5 Å². The van der Waals surface area contributed by atoms with Crippen LogP contribution in [0.15, 0.2) is 23.5 Å². The molecule has 0 saturated carbocycles. The second-order valence-corrected chi connectivity index (χ2v) is 1.71. The molecule has 0 bridgehead atoms. The third-order valence-electron chi connectivity index (χ3n) is 0.918. The fourth-order valence-corrected chi connectivity index (χ4v) is 0.534. The normalized spacial score (nSPS) is 11.5. The van der Waals surface area contributed by atoms with Crippen molar-refractivity contribution in [3.8, 4) is 0 Å². The largest absolute Gasteiger partial charge is 0.425 e. The summed E-state index contributed by atoms with van der Waals surface area (Å²) in [6, 6.07) is 0.589. The quantitative estimate of drug-likeness (QED) is 0.474. The molecule has 1 aromatic rings. The van der Waals surface area contributed by atoms with Crippen molar-refractivity contribution in [2.45, 2.75) is 0 Å². The molecule has 1 aromatic heterocycles. The van der Waals surface area contributed by atoms with Gasteiger partial charge < -0.3 is 10.9 Å². The lowest BCUT2D eigenvalue weighted by Gasteiger charge is -1.92. The zero-order valence-electron chi connectivity index (χ0n) is 5.51. The van der Waals surface area contributed by atoms with Gasteiger partial charge in [-0.1, -0.05) is 0 Å². The minimum atomic E-state index is -0.897. The summed E-state index contributed by atoms with van der Waals surface area (Å²) < 4.78 is 0.602. The van der Waals surface area contributed by atoms with Crippen molar-refractivity contribution in [1.82, 2.24) is 9.71 Å². The molecule has 0 aliphatic carbocycles. The average Bonchev–Trinajstić information content (AvgIpc) is 1.93. The maximum absolute atomic E-state index is 10.2. The molecule has 0 atom stereocenters. The molecule has 0 fully saturated rings. The predicted octanol–water partition coefficient (Wildman–Crippen LogP) is -0.900. The predicted molar refractivity (Wildman–Crippen MR) is 34.6 cm³/mol. The molecule has 0 aliphatic rings. The molecular formula is C5H6N4O2. The monoisotopic (exact) mass is 154 g/mol. The summed E-state index contributed by atoms with van der Waals surface area (Å²) in [5, 5.41) is 8.91. The van der Waals surface area contributed by atoms with E-state index in [4.69, 9.17) is 10.9 Å². The number of aromatic nitrogens is 2. The van der Waals surface area contributed by atoms with E-state index in [1.165, 1.54) is 18.5 Å². The van der Waals surface area contributed by atoms with Crippen LogP contribution in [-0.2, 0) is 0 Å². The molecule has 0 spiro atoms. The lowest BCUT2D eigenvalue weighted by molar-refractivity contribution is 0.166. The van der Waals surface area contributed by atoms with Gasteiger partial charge in [0.15, 0.2) is 0 Å². The molecule has 2 amide bonds. The first-order chi connectivity index (χ1) is 5.20. The van der Waals surface area contributed by atoms with Crippen LogP contribution in [0, 0.1) is 0 Å². The fraction of sp³-hybridized carbons (Fsp3) is 0. The van der Waals surface area contributed by atoms with Crippen LogP contribution in [-0.4, -0.2) is 21.0 Å². The zero-order valence-corrected chi connectivity index (χ0v) is 5.51. The number of nitrogens with two attached hydrogens (primary N) is 1. The van der Waals surface area contributed by atoms with Crippen LogP contribution in [0.4, 0.5) is 4.79 Å². The molecule has 6 nitrogen and oxygen atoms in total. The Bertz CT molecular complexity index is 329. The lowest BCUT2D eigenvalue weighted by atomic mass is 10.7. The van der Waals surface area contributed by atoms with Crippen LogP contribution in [0.2, 0.25) is 0 Å². The van der Waals surface area contributed by atoms with Gasteiger partial charge in [-0.2, -0.15) is 9.72 Å². The molecule has 0 aliphatic heterocycles. The van der Waals surface area contributed by atoms with Crippen molar-refractivity contribution >= 4 is 6.03 Å². The number of amides is 2. The summed E-state index contributed by atoms with van der Waals surface area (Å²) in [5.41, 5.74) is 4.58. The summed E-state index contributed by atoms with van der Waals surface area (Å²) in [4.78, 5) is 17.0. The van der Waals surface area contributed by atoms with Gasteiger partial charge in [0, 0.05) is 12.4 Å². The Labute approximate surface area is 61.6 Å². The molecule has 1 heterocycles. The molecule has 11 heavy (non-hydrogen) atoms. The molecule has 0 aromatic carbocycles. The molecule has 0 unspecified atom stereocenters. The third-order valence-corrected chi connectivity index (χ3v) is 0.918. The van der Waals surface area contributed by atoms with Gasteiger partial charge in [0.1, 0.15) is 0 Å². The van der Waals surface area contributed by atoms with Crippen LogP contribution in [0.5, 0.6) is 0 Å². The van der Waals surface area contributed by atoms with Crippen molar-refractivity contribution in [2.24, 2.45) is 10.7 Å². The van der Waals surface area contributed by atoms with Crippen molar-refractivity contribution < 1.29 is 10.0 Å². The SMILES string of the molecule is NC(=O)N=c1ncccn1O. The number of hydrogen-bond acceptors (Lipinski definition) is 3. The van der Waals surface area contributed by atoms with Gasteiger partial charge in [-0.3, -0.25) is 0 Å². The van der Waals surface area contributed by atoms with Gasteiger partial charge >= 0.3 is 6.03 Å². The van der Waals surface area contributed by atoms with E-state index in [2.05, 4.69) is 9.98 Å². The van der Waals surface area contributed by atoms with E-state index in [0.29, 0.717) is 4.73 Å². The Kier molecular flexibility index (Phi) is 1.86. The fourth-order valence-electron chi connectivity index (χ4n) is 0.534. The first kappa shape index (κ1) is 7.26. The maximum Gasteiger partial charge on any atom is 0.341 e. The zero-order chi connectivity index (χ0) is 8.27. The highest BCUT2D eigenvalue weighted by molar-refractivity contribution is 5.72. The van der Waals surface area contributed by atoms with Gasteiger partial charge in [-0.15, -0.1) is 0 Å². The van der Waals surface area contributed by atoms with E-state index in [1.807, 2.05) is 0 Å². The van der Waals surface area contributed by atoms with E-state index in [0.717, 1.165) is 0 Å². The van der Waals surface area contributed by atoms with E-state index in [1.54, 1.807) is 0 Å². The standard InChI is InChI=1S/C5H6N4O2/c6-4(10)8-5-7-2-1-3-9(5)11/h1-3,11H,(H2,6,10). The van der Waals surface area contributed by atoms with E-state index >= 15 is 0 Å². The van der Waals surface area contributed by atoms with Crippen LogP contribution in [0.3, 0.4) is 0 Å². The van der Waals surface area contributed by atoms with Gasteiger partial charge in [-0.05, 0) is 6.07 Å². The molecule has 0 radical (unpaired) electrons. The van der Waals surface area contributed by atoms with Gasteiger partial charge in [-0.25, -0.2) is 9.78 Å². The van der Waals surface area contributed by atoms with Crippen LogP contribution < -0.4 is 11.4 Å². The number of primary amides is 1. The van der Waals surface area contributed by atoms with Crippen molar-refractivity contribution in [3.05, 3.63) is 24.1 Å². The Morgan fingerprint density at radius 2 is 2.55 bits per heavy atom. The number of carbonyl (C=O) groups excluding carboxylic acids is 1. The Balaban J connectivity index is 3.23. The summed E-state index contributed by atoms with van der Waals surface area (Å²) in [5.74, 6) is 0. The van der Waals surface area contributed by atoms with Crippen LogP contribution in [0.1, 0.15) is 0 Å². The Morgan fingerprint density at radius 1 is 1.82 bits per heavy atom. The number of nitrogens with zero attached hydrogens (tertiary/aromatic N) is 3. The van der Waals surface area contributed by atoms with Gasteiger partial charge in [0.2, 0.25) is 0 Å². The minimum Gasteiger partial charge on any atom is -0.425 e. The van der Waals surface area contributed by atoms with Crippen LogP contribution in [0.25, 0.3) is 0 Å². The number of hydrogen-bond donors (Lipinski definition) is 2. The number of carbonyl (C=O) groups is 1. The Hall–Kier alpha value is -1.85. The second-order valence-electron chi connectivity index (χ2n) is 1.71. The summed E-state index contributed by atoms with van der Waals surface area (Å²) >= 11 is 0. The second kappa shape index (κ2) is 2.82. The third kappa shape index (κ3) is 1.78. The van der Waals surface area contributed by atoms with Crippen molar-refractivity contribution in [1.29, 1.82) is 0 Å². The van der Waals surface area contributed by atoms with Crippen LogP contribution >= 0.6 is 0 Å². The summed E-state index contributed by atoms with van der Waals surface area (Å²) in [6.45, 7) is 0. The lowest BCUT2D eigenvalue weighted by Crippen LogP contribution is -2.24. The molecule has 3 N–H and O–H groups in total. The maximum atomic E-state index is 10.2. The molecule has 0 saturated heterocycles. The first-order valence-corrected chi connectivity index (χ1v) is 2.77. The first-order valence-electron chi connectivity index (χ1n) is 2.77. The summed E-state index contributed by atoms with van der Waals surface area (Å²) in [6.07, 6.45) is 2.67. The van der Waals surface area contributed by atoms with E-state index < -0.39 is 6.03 Å².